The van der Waals surface area contributed by atoms with Crippen LogP contribution in [0.4, 0.5) is 10.5 Å². The second kappa shape index (κ2) is 7.53. The molecule has 7 heteroatoms. The molecule has 26 heavy (non-hydrogen) atoms. The molecule has 1 amide bonds. The lowest BCUT2D eigenvalue weighted by Gasteiger charge is -2.45. The van der Waals surface area contributed by atoms with Crippen molar-refractivity contribution in [2.45, 2.75) is 58.9 Å². The Bertz CT molecular complexity index is 683. The van der Waals surface area contributed by atoms with Crippen LogP contribution in [0.25, 0.3) is 0 Å². The number of amides is 1. The van der Waals surface area contributed by atoms with Gasteiger partial charge in [-0.05, 0) is 58.4 Å². The molecule has 1 heterocycles. The SMILES string of the molecule is C[C@@H]1CN(C(=O)OC(C)(C)C)[C@@H](C)CN1c1ccc(C(=O)O)c(CO)c1. The molecule has 0 spiro atoms. The molecule has 1 aliphatic heterocycles. The lowest BCUT2D eigenvalue weighted by Crippen LogP contribution is -2.59. The number of rotatable bonds is 3. The van der Waals surface area contributed by atoms with Gasteiger partial charge in [0.2, 0.25) is 0 Å². The minimum Gasteiger partial charge on any atom is -0.478 e. The fourth-order valence-corrected chi connectivity index (χ4v) is 3.16. The number of aliphatic hydroxyl groups is 1. The molecule has 0 saturated carbocycles. The minimum absolute atomic E-state index is 0.0286. The number of benzene rings is 1. The van der Waals surface area contributed by atoms with E-state index in [4.69, 9.17) is 4.74 Å². The van der Waals surface area contributed by atoms with Crippen molar-refractivity contribution in [1.29, 1.82) is 0 Å². The molecule has 1 aliphatic rings. The Balaban J connectivity index is 2.19. The Morgan fingerprint density at radius 3 is 2.38 bits per heavy atom. The zero-order valence-electron chi connectivity index (χ0n) is 16.0. The van der Waals surface area contributed by atoms with Gasteiger partial charge in [0, 0.05) is 30.9 Å². The van der Waals surface area contributed by atoms with Crippen LogP contribution in [0.1, 0.15) is 50.5 Å². The van der Waals surface area contributed by atoms with Gasteiger partial charge in [-0.2, -0.15) is 0 Å². The first-order chi connectivity index (χ1) is 12.0. The summed E-state index contributed by atoms with van der Waals surface area (Å²) < 4.78 is 5.49. The Hall–Kier alpha value is -2.28. The third kappa shape index (κ3) is 4.46. The summed E-state index contributed by atoms with van der Waals surface area (Å²) >= 11 is 0. The minimum atomic E-state index is -1.06. The van der Waals surface area contributed by atoms with Gasteiger partial charge < -0.3 is 24.7 Å². The standard InChI is InChI=1S/C19H28N2O5/c1-12-10-21(18(25)26-19(3,4)5)13(2)9-20(12)15-6-7-16(17(23)24)14(8-15)11-22/h6-8,12-13,22H,9-11H2,1-5H3,(H,23,24)/t12-,13+/m1/s1. The molecule has 1 aromatic rings. The molecule has 2 rings (SSSR count). The Labute approximate surface area is 154 Å². The maximum absolute atomic E-state index is 12.4. The first kappa shape index (κ1) is 20.0. The number of hydrogen-bond donors (Lipinski definition) is 2. The number of carbonyl (C=O) groups is 2. The van der Waals surface area contributed by atoms with E-state index >= 15 is 0 Å². The highest BCUT2D eigenvalue weighted by Gasteiger charge is 2.34. The van der Waals surface area contributed by atoms with Crippen LogP contribution in [0.3, 0.4) is 0 Å². The van der Waals surface area contributed by atoms with Crippen molar-refractivity contribution in [2.75, 3.05) is 18.0 Å². The average molecular weight is 364 g/mol. The summed E-state index contributed by atoms with van der Waals surface area (Å²) in [6.45, 7) is 10.3. The molecule has 1 saturated heterocycles. The van der Waals surface area contributed by atoms with Crippen LogP contribution in [0.2, 0.25) is 0 Å². The predicted molar refractivity (Wildman–Crippen MR) is 98.5 cm³/mol. The van der Waals surface area contributed by atoms with Crippen LogP contribution < -0.4 is 4.90 Å². The van der Waals surface area contributed by atoms with Gasteiger partial charge in [-0.15, -0.1) is 0 Å². The quantitative estimate of drug-likeness (QED) is 0.857. The van der Waals surface area contributed by atoms with Gasteiger partial charge in [0.25, 0.3) is 0 Å². The number of anilines is 1. The van der Waals surface area contributed by atoms with Crippen LogP contribution in [0, 0.1) is 0 Å². The van der Waals surface area contributed by atoms with E-state index in [1.165, 1.54) is 6.07 Å². The summed E-state index contributed by atoms with van der Waals surface area (Å²) in [7, 11) is 0. The van der Waals surface area contributed by atoms with Gasteiger partial charge >= 0.3 is 12.1 Å². The molecule has 7 nitrogen and oxygen atoms in total. The van der Waals surface area contributed by atoms with Gasteiger partial charge in [0.05, 0.1) is 12.2 Å². The molecule has 0 radical (unpaired) electrons. The number of aliphatic hydroxyl groups excluding tert-OH is 1. The number of nitrogens with zero attached hydrogens (tertiary/aromatic N) is 2. The smallest absolute Gasteiger partial charge is 0.410 e. The van der Waals surface area contributed by atoms with Crippen LogP contribution in [0.15, 0.2) is 18.2 Å². The van der Waals surface area contributed by atoms with E-state index in [9.17, 15) is 19.8 Å². The lowest BCUT2D eigenvalue weighted by molar-refractivity contribution is 0.0130. The zero-order chi connectivity index (χ0) is 19.6. The molecule has 144 valence electrons. The largest absolute Gasteiger partial charge is 0.478 e. The number of piperazine rings is 1. The average Bonchev–Trinajstić information content (AvgIpc) is 2.54. The van der Waals surface area contributed by atoms with Gasteiger partial charge in [-0.1, -0.05) is 0 Å². The van der Waals surface area contributed by atoms with E-state index in [0.29, 0.717) is 18.7 Å². The van der Waals surface area contributed by atoms with Crippen molar-refractivity contribution in [3.8, 4) is 0 Å². The highest BCUT2D eigenvalue weighted by atomic mass is 16.6. The maximum Gasteiger partial charge on any atom is 0.410 e. The first-order valence-electron chi connectivity index (χ1n) is 8.77. The normalized spacial score (nSPS) is 20.8. The highest BCUT2D eigenvalue weighted by Crippen LogP contribution is 2.27. The third-order valence-electron chi connectivity index (χ3n) is 4.44. The first-order valence-corrected chi connectivity index (χ1v) is 8.77. The predicted octanol–water partition coefficient (Wildman–Crippen LogP) is 2.71. The third-order valence-corrected chi connectivity index (χ3v) is 4.44. The summed E-state index contributed by atoms with van der Waals surface area (Å²) in [6, 6.07) is 4.93. The van der Waals surface area contributed by atoms with E-state index < -0.39 is 11.6 Å². The van der Waals surface area contributed by atoms with Gasteiger partial charge in [-0.25, -0.2) is 9.59 Å². The van der Waals surface area contributed by atoms with Crippen molar-refractivity contribution >= 4 is 17.7 Å². The number of aromatic carboxylic acids is 1. The van der Waals surface area contributed by atoms with Crippen molar-refractivity contribution in [3.63, 3.8) is 0 Å². The zero-order valence-corrected chi connectivity index (χ0v) is 16.0. The fraction of sp³-hybridized carbons (Fsp3) is 0.579. The Kier molecular flexibility index (Phi) is 5.81. The van der Waals surface area contributed by atoms with Crippen LogP contribution in [0.5, 0.6) is 0 Å². The highest BCUT2D eigenvalue weighted by molar-refractivity contribution is 5.90. The molecular formula is C19H28N2O5. The van der Waals surface area contributed by atoms with E-state index in [-0.39, 0.29) is 30.3 Å². The van der Waals surface area contributed by atoms with Crippen LogP contribution in [-0.2, 0) is 11.3 Å². The summed E-state index contributed by atoms with van der Waals surface area (Å²) in [6.07, 6.45) is -0.325. The van der Waals surface area contributed by atoms with E-state index in [2.05, 4.69) is 4.90 Å². The summed E-state index contributed by atoms with van der Waals surface area (Å²) in [5, 5.41) is 18.7. The summed E-state index contributed by atoms with van der Waals surface area (Å²) in [5.41, 5.74) is 0.774. The Morgan fingerprint density at radius 2 is 1.85 bits per heavy atom. The van der Waals surface area contributed by atoms with Crippen molar-refractivity contribution in [3.05, 3.63) is 29.3 Å². The number of carboxylic acid groups (broad SMARTS) is 1. The molecular weight excluding hydrogens is 336 g/mol. The van der Waals surface area contributed by atoms with E-state index in [0.717, 1.165) is 5.69 Å². The second-order valence-corrected chi connectivity index (χ2v) is 7.79. The van der Waals surface area contributed by atoms with Crippen LogP contribution in [-0.4, -0.2) is 57.9 Å². The molecule has 1 aromatic carbocycles. The van der Waals surface area contributed by atoms with Gasteiger partial charge in [-0.3, -0.25) is 0 Å². The molecule has 1 fully saturated rings. The van der Waals surface area contributed by atoms with Gasteiger partial charge in [0.1, 0.15) is 5.60 Å². The van der Waals surface area contributed by atoms with E-state index in [1.54, 1.807) is 17.0 Å². The summed E-state index contributed by atoms with van der Waals surface area (Å²) in [4.78, 5) is 27.5. The topological polar surface area (TPSA) is 90.3 Å². The van der Waals surface area contributed by atoms with Crippen LogP contribution >= 0.6 is 0 Å². The molecule has 0 aliphatic carbocycles. The van der Waals surface area contributed by atoms with E-state index in [1.807, 2.05) is 34.6 Å². The molecule has 2 N–H and O–H groups in total. The van der Waals surface area contributed by atoms with Crippen molar-refractivity contribution < 1.29 is 24.5 Å². The number of carboxylic acids is 1. The molecule has 0 bridgehead atoms. The number of hydrogen-bond acceptors (Lipinski definition) is 5. The van der Waals surface area contributed by atoms with Crippen molar-refractivity contribution in [1.82, 2.24) is 4.90 Å². The number of carbonyl (C=O) groups excluding carboxylic acids is 1. The fourth-order valence-electron chi connectivity index (χ4n) is 3.16. The second-order valence-electron chi connectivity index (χ2n) is 7.79. The summed E-state index contributed by atoms with van der Waals surface area (Å²) in [5.74, 6) is -1.06. The Morgan fingerprint density at radius 1 is 1.19 bits per heavy atom. The lowest BCUT2D eigenvalue weighted by atomic mass is 10.0. The monoisotopic (exact) mass is 364 g/mol. The van der Waals surface area contributed by atoms with Crippen molar-refractivity contribution in [2.24, 2.45) is 0 Å². The van der Waals surface area contributed by atoms with Gasteiger partial charge in [0.15, 0.2) is 0 Å². The molecule has 2 atom stereocenters. The molecule has 0 unspecified atom stereocenters. The maximum atomic E-state index is 12.4. The number of ether oxygens (including phenoxy) is 1. The molecule has 0 aromatic heterocycles.